The molecular formula is C17H10Cl2F2N4O. The maximum Gasteiger partial charge on any atom is 0.274 e. The van der Waals surface area contributed by atoms with E-state index >= 15 is 0 Å². The lowest BCUT2D eigenvalue weighted by Crippen LogP contribution is -2.15. The first kappa shape index (κ1) is 18.0. The fourth-order valence-electron chi connectivity index (χ4n) is 2.03. The van der Waals surface area contributed by atoms with Crippen LogP contribution in [0.1, 0.15) is 10.5 Å². The van der Waals surface area contributed by atoms with Crippen molar-refractivity contribution in [3.05, 3.63) is 76.0 Å². The summed E-state index contributed by atoms with van der Waals surface area (Å²) in [6, 6.07) is 8.98. The summed E-state index contributed by atoms with van der Waals surface area (Å²) in [4.78, 5) is 20.3. The van der Waals surface area contributed by atoms with Crippen LogP contribution in [0, 0.1) is 11.6 Å². The van der Waals surface area contributed by atoms with E-state index in [0.29, 0.717) is 21.8 Å². The number of benzene rings is 2. The Balaban J connectivity index is 1.79. The zero-order valence-corrected chi connectivity index (χ0v) is 14.4. The predicted molar refractivity (Wildman–Crippen MR) is 96.1 cm³/mol. The molecule has 26 heavy (non-hydrogen) atoms. The molecule has 9 heteroatoms. The largest absolute Gasteiger partial charge is 0.323 e. The van der Waals surface area contributed by atoms with Crippen molar-refractivity contribution in [2.24, 2.45) is 0 Å². The lowest BCUT2D eigenvalue weighted by Gasteiger charge is -2.09. The van der Waals surface area contributed by atoms with E-state index in [1.165, 1.54) is 12.3 Å². The molecule has 0 spiro atoms. The smallest absolute Gasteiger partial charge is 0.274 e. The summed E-state index contributed by atoms with van der Waals surface area (Å²) in [6.45, 7) is 0. The molecule has 0 aliphatic heterocycles. The minimum Gasteiger partial charge on any atom is -0.323 e. The number of anilines is 3. The Kier molecular flexibility index (Phi) is 5.29. The SMILES string of the molecule is O=C(Nc1ccc(F)cc1F)c1ccnc(Nc2ccc(Cl)cc2Cl)n1. The van der Waals surface area contributed by atoms with Gasteiger partial charge in [0, 0.05) is 17.3 Å². The molecule has 2 N–H and O–H groups in total. The standard InChI is InChI=1S/C17H10Cl2F2N4O/c18-9-1-3-13(11(19)7-9)24-17-22-6-5-15(25-17)16(26)23-14-4-2-10(20)8-12(14)21/h1-8H,(H,23,26)(H,22,24,25). The highest BCUT2D eigenvalue weighted by Crippen LogP contribution is 2.27. The first-order valence-corrected chi connectivity index (χ1v) is 7.99. The van der Waals surface area contributed by atoms with Gasteiger partial charge >= 0.3 is 0 Å². The van der Waals surface area contributed by atoms with E-state index in [2.05, 4.69) is 20.6 Å². The van der Waals surface area contributed by atoms with E-state index in [-0.39, 0.29) is 17.3 Å². The molecule has 3 rings (SSSR count). The number of rotatable bonds is 4. The van der Waals surface area contributed by atoms with Crippen LogP contribution in [0.3, 0.4) is 0 Å². The zero-order valence-electron chi connectivity index (χ0n) is 12.9. The van der Waals surface area contributed by atoms with Crippen molar-refractivity contribution in [3.8, 4) is 0 Å². The Labute approximate surface area is 157 Å². The maximum absolute atomic E-state index is 13.6. The quantitative estimate of drug-likeness (QED) is 0.648. The second-order valence-corrected chi connectivity index (χ2v) is 5.94. The molecule has 0 radical (unpaired) electrons. The molecule has 3 aromatic rings. The van der Waals surface area contributed by atoms with Gasteiger partial charge in [0.25, 0.3) is 5.91 Å². The molecule has 0 atom stereocenters. The van der Waals surface area contributed by atoms with Gasteiger partial charge in [-0.3, -0.25) is 4.79 Å². The van der Waals surface area contributed by atoms with Crippen molar-refractivity contribution in [2.45, 2.75) is 0 Å². The minimum atomic E-state index is -0.890. The number of nitrogens with zero attached hydrogens (tertiary/aromatic N) is 2. The number of hydrogen-bond donors (Lipinski definition) is 2. The van der Waals surface area contributed by atoms with Crippen molar-refractivity contribution >= 4 is 46.4 Å². The van der Waals surface area contributed by atoms with Crippen LogP contribution in [0.4, 0.5) is 26.1 Å². The number of carbonyl (C=O) groups is 1. The molecule has 0 fully saturated rings. The summed E-state index contributed by atoms with van der Waals surface area (Å²) in [5, 5.41) is 6.00. The van der Waals surface area contributed by atoms with E-state index in [1.807, 2.05) is 0 Å². The Morgan fingerprint density at radius 3 is 2.50 bits per heavy atom. The van der Waals surface area contributed by atoms with Gasteiger partial charge < -0.3 is 10.6 Å². The number of halogens is 4. The molecule has 132 valence electrons. The van der Waals surface area contributed by atoms with Gasteiger partial charge in [0.15, 0.2) is 0 Å². The number of hydrogen-bond acceptors (Lipinski definition) is 4. The Hall–Kier alpha value is -2.77. The second-order valence-electron chi connectivity index (χ2n) is 5.09. The van der Waals surface area contributed by atoms with Gasteiger partial charge in [-0.05, 0) is 36.4 Å². The molecule has 0 saturated heterocycles. The molecule has 0 aliphatic carbocycles. The van der Waals surface area contributed by atoms with Crippen LogP contribution >= 0.6 is 23.2 Å². The van der Waals surface area contributed by atoms with Crippen LogP contribution in [0.15, 0.2) is 48.7 Å². The fourth-order valence-corrected chi connectivity index (χ4v) is 2.49. The summed E-state index contributed by atoms with van der Waals surface area (Å²) >= 11 is 11.9. The van der Waals surface area contributed by atoms with Crippen molar-refractivity contribution < 1.29 is 13.6 Å². The molecule has 0 unspecified atom stereocenters. The van der Waals surface area contributed by atoms with Crippen molar-refractivity contribution in [3.63, 3.8) is 0 Å². The number of carbonyl (C=O) groups excluding carboxylic acids is 1. The fraction of sp³-hybridized carbons (Fsp3) is 0. The van der Waals surface area contributed by atoms with E-state index in [1.54, 1.807) is 18.2 Å². The minimum absolute atomic E-state index is 0.0173. The van der Waals surface area contributed by atoms with Gasteiger partial charge in [0.2, 0.25) is 5.95 Å². The lowest BCUT2D eigenvalue weighted by molar-refractivity contribution is 0.102. The van der Waals surface area contributed by atoms with Crippen molar-refractivity contribution in [1.29, 1.82) is 0 Å². The Morgan fingerprint density at radius 1 is 1.00 bits per heavy atom. The van der Waals surface area contributed by atoms with Crippen molar-refractivity contribution in [1.82, 2.24) is 9.97 Å². The number of amides is 1. The van der Waals surface area contributed by atoms with Gasteiger partial charge in [-0.15, -0.1) is 0 Å². The Morgan fingerprint density at radius 2 is 1.77 bits per heavy atom. The summed E-state index contributed by atoms with van der Waals surface area (Å²) < 4.78 is 26.6. The van der Waals surface area contributed by atoms with Gasteiger partial charge in [-0.2, -0.15) is 0 Å². The van der Waals surface area contributed by atoms with Crippen LogP contribution < -0.4 is 10.6 Å². The first-order valence-electron chi connectivity index (χ1n) is 7.24. The lowest BCUT2D eigenvalue weighted by atomic mass is 10.3. The average Bonchev–Trinajstić information content (AvgIpc) is 2.60. The molecule has 1 amide bonds. The van der Waals surface area contributed by atoms with E-state index in [9.17, 15) is 13.6 Å². The number of nitrogens with one attached hydrogen (secondary N) is 2. The third-order valence-electron chi connectivity index (χ3n) is 3.25. The van der Waals surface area contributed by atoms with Crippen LogP contribution in [0.5, 0.6) is 0 Å². The highest BCUT2D eigenvalue weighted by molar-refractivity contribution is 6.36. The van der Waals surface area contributed by atoms with Crippen LogP contribution in [0.2, 0.25) is 10.0 Å². The summed E-state index contributed by atoms with van der Waals surface area (Å²) in [5.74, 6) is -2.20. The maximum atomic E-state index is 13.6. The highest BCUT2D eigenvalue weighted by Gasteiger charge is 2.13. The van der Waals surface area contributed by atoms with E-state index < -0.39 is 17.5 Å². The van der Waals surface area contributed by atoms with Gasteiger partial charge in [-0.25, -0.2) is 18.7 Å². The summed E-state index contributed by atoms with van der Waals surface area (Å²) in [6.07, 6.45) is 1.36. The van der Waals surface area contributed by atoms with Gasteiger partial charge in [-0.1, -0.05) is 23.2 Å². The normalized spacial score (nSPS) is 10.5. The highest BCUT2D eigenvalue weighted by atomic mass is 35.5. The molecule has 1 aromatic heterocycles. The third kappa shape index (κ3) is 4.25. The molecule has 0 saturated carbocycles. The van der Waals surface area contributed by atoms with E-state index in [4.69, 9.17) is 23.2 Å². The zero-order chi connectivity index (χ0) is 18.7. The second kappa shape index (κ2) is 7.63. The Bertz CT molecular complexity index is 985. The molecule has 1 heterocycles. The third-order valence-corrected chi connectivity index (χ3v) is 3.79. The molecule has 5 nitrogen and oxygen atoms in total. The van der Waals surface area contributed by atoms with Gasteiger partial charge in [0.1, 0.15) is 17.3 Å². The van der Waals surface area contributed by atoms with Crippen LogP contribution in [-0.2, 0) is 0 Å². The van der Waals surface area contributed by atoms with Crippen LogP contribution in [-0.4, -0.2) is 15.9 Å². The number of aromatic nitrogens is 2. The van der Waals surface area contributed by atoms with E-state index in [0.717, 1.165) is 12.1 Å². The predicted octanol–water partition coefficient (Wildman–Crippen LogP) is 5.06. The molecule has 2 aromatic carbocycles. The van der Waals surface area contributed by atoms with Crippen LogP contribution in [0.25, 0.3) is 0 Å². The average molecular weight is 395 g/mol. The molecule has 0 bridgehead atoms. The summed E-state index contributed by atoms with van der Waals surface area (Å²) in [5.41, 5.74) is 0.319. The molecule has 0 aliphatic rings. The van der Waals surface area contributed by atoms with Gasteiger partial charge in [0.05, 0.1) is 16.4 Å². The topological polar surface area (TPSA) is 66.9 Å². The van der Waals surface area contributed by atoms with Crippen molar-refractivity contribution in [2.75, 3.05) is 10.6 Å². The first-order chi connectivity index (χ1) is 12.4. The monoisotopic (exact) mass is 394 g/mol. The molecular weight excluding hydrogens is 385 g/mol. The summed E-state index contributed by atoms with van der Waals surface area (Å²) in [7, 11) is 0.